The largest absolute Gasteiger partial charge is 0.324 e. The van der Waals surface area contributed by atoms with Crippen LogP contribution in [0.2, 0.25) is 0 Å². The summed E-state index contributed by atoms with van der Waals surface area (Å²) in [7, 11) is 2.06. The van der Waals surface area contributed by atoms with Crippen LogP contribution in [0.15, 0.2) is 48.7 Å². The van der Waals surface area contributed by atoms with Crippen molar-refractivity contribution in [1.82, 2.24) is 20.2 Å². The predicted molar refractivity (Wildman–Crippen MR) is 103 cm³/mol. The maximum absolute atomic E-state index is 13.2. The SMILES string of the molecule is CN1CCN(C(=O)N(Cc2ccc(C(=O)NN)cn2)c2ccccc2)CC1. The van der Waals surface area contributed by atoms with E-state index in [1.807, 2.05) is 35.2 Å². The molecule has 0 spiro atoms. The first-order valence-corrected chi connectivity index (χ1v) is 8.84. The molecule has 8 heteroatoms. The number of para-hydroxylation sites is 1. The maximum atomic E-state index is 13.2. The zero-order valence-corrected chi connectivity index (χ0v) is 15.3. The highest BCUT2D eigenvalue weighted by Gasteiger charge is 2.25. The van der Waals surface area contributed by atoms with Crippen molar-refractivity contribution in [2.75, 3.05) is 38.1 Å². The van der Waals surface area contributed by atoms with Gasteiger partial charge in [0.25, 0.3) is 5.91 Å². The number of nitrogens with one attached hydrogen (secondary N) is 1. The summed E-state index contributed by atoms with van der Waals surface area (Å²) >= 11 is 0. The molecular weight excluding hydrogens is 344 g/mol. The fourth-order valence-electron chi connectivity index (χ4n) is 2.94. The zero-order valence-electron chi connectivity index (χ0n) is 15.3. The van der Waals surface area contributed by atoms with E-state index in [0.29, 0.717) is 30.9 Å². The van der Waals surface area contributed by atoms with Crippen molar-refractivity contribution in [1.29, 1.82) is 0 Å². The second-order valence-electron chi connectivity index (χ2n) is 6.51. The van der Waals surface area contributed by atoms with Crippen molar-refractivity contribution in [3.63, 3.8) is 0 Å². The third-order valence-electron chi connectivity index (χ3n) is 4.61. The molecule has 0 bridgehead atoms. The van der Waals surface area contributed by atoms with Crippen LogP contribution in [0.4, 0.5) is 10.5 Å². The topological polar surface area (TPSA) is 94.8 Å². The number of aromatic nitrogens is 1. The molecule has 0 radical (unpaired) electrons. The maximum Gasteiger partial charge on any atom is 0.324 e. The normalized spacial score (nSPS) is 14.7. The van der Waals surface area contributed by atoms with Gasteiger partial charge in [-0.15, -0.1) is 0 Å². The molecule has 3 amide bonds. The summed E-state index contributed by atoms with van der Waals surface area (Å²) in [6.45, 7) is 3.42. The molecular formula is C19H24N6O2. The Morgan fingerprint density at radius 3 is 2.41 bits per heavy atom. The molecule has 0 aliphatic carbocycles. The first-order valence-electron chi connectivity index (χ1n) is 8.84. The second kappa shape index (κ2) is 8.61. The van der Waals surface area contributed by atoms with Crippen LogP contribution in [0.1, 0.15) is 16.1 Å². The van der Waals surface area contributed by atoms with Crippen molar-refractivity contribution in [3.05, 3.63) is 59.9 Å². The number of nitrogens with two attached hydrogens (primary N) is 1. The molecule has 1 aromatic carbocycles. The van der Waals surface area contributed by atoms with E-state index in [9.17, 15) is 9.59 Å². The van der Waals surface area contributed by atoms with Crippen molar-refractivity contribution in [3.8, 4) is 0 Å². The van der Waals surface area contributed by atoms with Gasteiger partial charge < -0.3 is 9.80 Å². The number of benzene rings is 1. The number of hydrogen-bond donors (Lipinski definition) is 2. The van der Waals surface area contributed by atoms with E-state index in [0.717, 1.165) is 18.8 Å². The smallest absolute Gasteiger partial charge is 0.322 e. The number of hydrogen-bond acceptors (Lipinski definition) is 5. The highest BCUT2D eigenvalue weighted by Crippen LogP contribution is 2.19. The molecule has 0 unspecified atom stereocenters. The minimum Gasteiger partial charge on any atom is -0.322 e. The van der Waals surface area contributed by atoms with E-state index in [2.05, 4.69) is 22.4 Å². The number of likely N-dealkylation sites (N-methyl/N-ethyl adjacent to an activating group) is 1. The fourth-order valence-corrected chi connectivity index (χ4v) is 2.94. The summed E-state index contributed by atoms with van der Waals surface area (Å²) in [6.07, 6.45) is 1.46. The summed E-state index contributed by atoms with van der Waals surface area (Å²) in [6, 6.07) is 12.9. The van der Waals surface area contributed by atoms with Crippen LogP contribution in [-0.4, -0.2) is 59.9 Å². The van der Waals surface area contributed by atoms with E-state index in [-0.39, 0.29) is 6.03 Å². The average molecular weight is 368 g/mol. The van der Waals surface area contributed by atoms with Gasteiger partial charge in [0.2, 0.25) is 0 Å². The lowest BCUT2D eigenvalue weighted by molar-refractivity contribution is 0.0953. The Morgan fingerprint density at radius 2 is 1.81 bits per heavy atom. The number of piperazine rings is 1. The van der Waals surface area contributed by atoms with E-state index in [1.165, 1.54) is 6.20 Å². The van der Waals surface area contributed by atoms with Crippen LogP contribution in [0.5, 0.6) is 0 Å². The number of urea groups is 1. The highest BCUT2D eigenvalue weighted by atomic mass is 16.2. The Morgan fingerprint density at radius 1 is 1.11 bits per heavy atom. The Balaban J connectivity index is 1.80. The van der Waals surface area contributed by atoms with Gasteiger partial charge in [0.1, 0.15) is 0 Å². The van der Waals surface area contributed by atoms with Crippen molar-refractivity contribution in [2.45, 2.75) is 6.54 Å². The summed E-state index contributed by atoms with van der Waals surface area (Å²) < 4.78 is 0. The molecule has 142 valence electrons. The van der Waals surface area contributed by atoms with Crippen LogP contribution in [-0.2, 0) is 6.54 Å². The average Bonchev–Trinajstić information content (AvgIpc) is 2.72. The summed E-state index contributed by atoms with van der Waals surface area (Å²) in [5.41, 5.74) is 3.95. The lowest BCUT2D eigenvalue weighted by atomic mass is 10.2. The van der Waals surface area contributed by atoms with Gasteiger partial charge in [0, 0.05) is 38.1 Å². The van der Waals surface area contributed by atoms with Gasteiger partial charge in [0.15, 0.2) is 0 Å². The first-order chi connectivity index (χ1) is 13.1. The summed E-state index contributed by atoms with van der Waals surface area (Å²) in [5.74, 6) is 4.74. The lowest BCUT2D eigenvalue weighted by Gasteiger charge is -2.36. The lowest BCUT2D eigenvalue weighted by Crippen LogP contribution is -2.52. The number of nitrogens with zero attached hydrogens (tertiary/aromatic N) is 4. The van der Waals surface area contributed by atoms with E-state index < -0.39 is 5.91 Å². The molecule has 1 fully saturated rings. The third-order valence-corrected chi connectivity index (χ3v) is 4.61. The quantitative estimate of drug-likeness (QED) is 0.478. The van der Waals surface area contributed by atoms with Crippen molar-refractivity contribution < 1.29 is 9.59 Å². The molecule has 2 heterocycles. The molecule has 3 N–H and O–H groups in total. The summed E-state index contributed by atoms with van der Waals surface area (Å²) in [5, 5.41) is 0. The van der Waals surface area contributed by atoms with Crippen LogP contribution < -0.4 is 16.2 Å². The Hall–Kier alpha value is -2.97. The molecule has 1 aromatic heterocycles. The van der Waals surface area contributed by atoms with Crippen molar-refractivity contribution >= 4 is 17.6 Å². The molecule has 1 aliphatic rings. The van der Waals surface area contributed by atoms with Gasteiger partial charge >= 0.3 is 6.03 Å². The molecule has 8 nitrogen and oxygen atoms in total. The zero-order chi connectivity index (χ0) is 19.2. The van der Waals surface area contributed by atoms with E-state index in [4.69, 9.17) is 5.84 Å². The fraction of sp³-hybridized carbons (Fsp3) is 0.316. The van der Waals surface area contributed by atoms with Crippen LogP contribution in [0.3, 0.4) is 0 Å². The number of rotatable bonds is 4. The van der Waals surface area contributed by atoms with Gasteiger partial charge in [-0.1, -0.05) is 18.2 Å². The van der Waals surface area contributed by atoms with Crippen LogP contribution in [0.25, 0.3) is 0 Å². The second-order valence-corrected chi connectivity index (χ2v) is 6.51. The van der Waals surface area contributed by atoms with Gasteiger partial charge in [0.05, 0.1) is 17.8 Å². The Bertz CT molecular complexity index is 773. The Kier molecular flexibility index (Phi) is 6.00. The molecule has 0 saturated carbocycles. The van der Waals surface area contributed by atoms with Crippen LogP contribution >= 0.6 is 0 Å². The standard InChI is InChI=1S/C19H24N6O2/c1-23-9-11-24(12-10-23)19(27)25(17-5-3-2-4-6-17)14-16-8-7-15(13-21-16)18(26)22-20/h2-8,13H,9-12,14,20H2,1H3,(H,22,26). The van der Waals surface area contributed by atoms with E-state index in [1.54, 1.807) is 17.0 Å². The minimum absolute atomic E-state index is 0.0418. The number of nitrogen functional groups attached to an aromatic ring is 1. The van der Waals surface area contributed by atoms with Gasteiger partial charge in [-0.05, 0) is 31.3 Å². The van der Waals surface area contributed by atoms with Gasteiger partial charge in [-0.25, -0.2) is 10.6 Å². The molecule has 1 aliphatic heterocycles. The number of amides is 3. The predicted octanol–water partition coefficient (Wildman–Crippen LogP) is 1.06. The number of hydrazine groups is 1. The third kappa shape index (κ3) is 4.60. The number of carbonyl (C=O) groups excluding carboxylic acids is 2. The van der Waals surface area contributed by atoms with Gasteiger partial charge in [-0.3, -0.25) is 20.1 Å². The molecule has 3 rings (SSSR count). The first kappa shape index (κ1) is 18.8. The molecule has 27 heavy (non-hydrogen) atoms. The number of carbonyl (C=O) groups is 2. The molecule has 0 atom stereocenters. The van der Waals surface area contributed by atoms with Crippen molar-refractivity contribution in [2.24, 2.45) is 5.84 Å². The van der Waals surface area contributed by atoms with Gasteiger partial charge in [-0.2, -0.15) is 0 Å². The number of pyridine rings is 1. The Labute approximate surface area is 158 Å². The van der Waals surface area contributed by atoms with E-state index >= 15 is 0 Å². The monoisotopic (exact) mass is 368 g/mol. The molecule has 1 saturated heterocycles. The number of anilines is 1. The highest BCUT2D eigenvalue weighted by molar-refractivity contribution is 5.93. The van der Waals surface area contributed by atoms with Crippen LogP contribution in [0, 0.1) is 0 Å². The summed E-state index contributed by atoms with van der Waals surface area (Å²) in [4.78, 5) is 34.8. The molecule has 2 aromatic rings. The minimum atomic E-state index is -0.400.